The number of rotatable bonds is 3. The fraction of sp³-hybridized carbons (Fsp3) is 0.143. The molecule has 0 aliphatic rings. The van der Waals surface area contributed by atoms with E-state index in [0.717, 1.165) is 5.69 Å². The maximum atomic E-state index is 11.8. The first-order valence-corrected chi connectivity index (χ1v) is 5.82. The van der Waals surface area contributed by atoms with Crippen molar-refractivity contribution in [1.82, 2.24) is 4.98 Å². The number of ether oxygens (including phenoxy) is 1. The summed E-state index contributed by atoms with van der Waals surface area (Å²) >= 11 is 0. The van der Waals surface area contributed by atoms with Crippen LogP contribution in [-0.4, -0.2) is 23.0 Å². The average molecular weight is 272 g/mol. The molecule has 6 nitrogen and oxygen atoms in total. The molecule has 1 aromatic heterocycles. The zero-order chi connectivity index (χ0) is 14.7. The monoisotopic (exact) mass is 272 g/mol. The molecule has 6 heteroatoms. The van der Waals surface area contributed by atoms with Crippen molar-refractivity contribution < 1.29 is 14.5 Å². The lowest BCUT2D eigenvalue weighted by atomic mass is 10.0. The number of pyridine rings is 1. The molecule has 2 aromatic rings. The molecule has 0 atom stereocenters. The van der Waals surface area contributed by atoms with Gasteiger partial charge in [-0.1, -0.05) is 6.07 Å². The number of nitrogens with zero attached hydrogens (tertiary/aromatic N) is 2. The van der Waals surface area contributed by atoms with Crippen LogP contribution in [0.1, 0.15) is 16.1 Å². The fourth-order valence-electron chi connectivity index (χ4n) is 1.80. The summed E-state index contributed by atoms with van der Waals surface area (Å²) in [7, 11) is 1.23. The number of aryl methyl sites for hydroxylation is 1. The van der Waals surface area contributed by atoms with Crippen molar-refractivity contribution >= 4 is 11.7 Å². The van der Waals surface area contributed by atoms with Crippen molar-refractivity contribution in [3.8, 4) is 11.1 Å². The maximum Gasteiger partial charge on any atom is 0.338 e. The number of carbonyl (C=O) groups excluding carboxylic acids is 1. The molecule has 1 heterocycles. The molecule has 102 valence electrons. The molecular formula is C14H12N2O4. The van der Waals surface area contributed by atoms with Crippen LogP contribution in [0.5, 0.6) is 0 Å². The van der Waals surface area contributed by atoms with Crippen LogP contribution in [0.4, 0.5) is 5.69 Å². The molecule has 0 bridgehead atoms. The summed E-state index contributed by atoms with van der Waals surface area (Å²) in [5.41, 5.74) is 2.08. The van der Waals surface area contributed by atoms with Gasteiger partial charge in [-0.15, -0.1) is 0 Å². The van der Waals surface area contributed by atoms with Crippen LogP contribution < -0.4 is 0 Å². The quantitative estimate of drug-likeness (QED) is 0.487. The van der Waals surface area contributed by atoms with Gasteiger partial charge in [-0.3, -0.25) is 15.1 Å². The molecule has 0 saturated carbocycles. The number of hydrogen-bond acceptors (Lipinski definition) is 5. The fourth-order valence-corrected chi connectivity index (χ4v) is 1.80. The van der Waals surface area contributed by atoms with E-state index in [4.69, 9.17) is 0 Å². The van der Waals surface area contributed by atoms with Gasteiger partial charge in [0.05, 0.1) is 17.6 Å². The predicted molar refractivity (Wildman–Crippen MR) is 72.4 cm³/mol. The number of esters is 1. The molecule has 0 N–H and O–H groups in total. The Morgan fingerprint density at radius 1 is 1.30 bits per heavy atom. The van der Waals surface area contributed by atoms with Crippen LogP contribution >= 0.6 is 0 Å². The number of carbonyl (C=O) groups is 1. The third kappa shape index (κ3) is 2.64. The third-order valence-corrected chi connectivity index (χ3v) is 2.84. The number of aromatic nitrogens is 1. The van der Waals surface area contributed by atoms with E-state index >= 15 is 0 Å². The standard InChI is InChI=1S/C14H12N2O4/c1-9-3-4-10(8-15-9)12-6-5-11(16(18)19)7-13(12)14(17)20-2/h3-8H,1-2H3. The molecule has 0 aliphatic carbocycles. The van der Waals surface area contributed by atoms with Crippen molar-refractivity contribution in [3.05, 3.63) is 57.9 Å². The van der Waals surface area contributed by atoms with Gasteiger partial charge in [0.15, 0.2) is 0 Å². The molecule has 0 radical (unpaired) electrons. The van der Waals surface area contributed by atoms with Gasteiger partial charge in [0.1, 0.15) is 0 Å². The van der Waals surface area contributed by atoms with Crippen LogP contribution in [0.15, 0.2) is 36.5 Å². The molecular weight excluding hydrogens is 260 g/mol. The van der Waals surface area contributed by atoms with E-state index in [2.05, 4.69) is 9.72 Å². The van der Waals surface area contributed by atoms with Gasteiger partial charge >= 0.3 is 5.97 Å². The maximum absolute atomic E-state index is 11.8. The molecule has 0 aliphatic heterocycles. The first-order chi connectivity index (χ1) is 9.52. The number of non-ortho nitro benzene ring substituents is 1. The lowest BCUT2D eigenvalue weighted by molar-refractivity contribution is -0.384. The normalized spacial score (nSPS) is 10.1. The Labute approximate surface area is 115 Å². The Bertz CT molecular complexity index is 665. The summed E-state index contributed by atoms with van der Waals surface area (Å²) < 4.78 is 4.67. The largest absolute Gasteiger partial charge is 0.465 e. The number of hydrogen-bond donors (Lipinski definition) is 0. The molecule has 0 saturated heterocycles. The van der Waals surface area contributed by atoms with Gasteiger partial charge in [-0.25, -0.2) is 4.79 Å². The number of benzene rings is 1. The Hall–Kier alpha value is -2.76. The van der Waals surface area contributed by atoms with Gasteiger partial charge in [0, 0.05) is 29.6 Å². The van der Waals surface area contributed by atoms with Crippen molar-refractivity contribution in [2.24, 2.45) is 0 Å². The zero-order valence-corrected chi connectivity index (χ0v) is 11.0. The summed E-state index contributed by atoms with van der Waals surface area (Å²) in [5.74, 6) is -0.621. The van der Waals surface area contributed by atoms with Crippen LogP contribution in [0.25, 0.3) is 11.1 Å². The minimum atomic E-state index is -0.621. The van der Waals surface area contributed by atoms with Crippen molar-refractivity contribution in [2.45, 2.75) is 6.92 Å². The van der Waals surface area contributed by atoms with Crippen molar-refractivity contribution in [2.75, 3.05) is 7.11 Å². The predicted octanol–water partition coefficient (Wildman–Crippen LogP) is 2.75. The Balaban J connectivity index is 2.59. The van der Waals surface area contributed by atoms with E-state index in [1.165, 1.54) is 25.3 Å². The number of nitro benzene ring substituents is 1. The van der Waals surface area contributed by atoms with Crippen LogP contribution in [0.3, 0.4) is 0 Å². The van der Waals surface area contributed by atoms with Gasteiger partial charge in [0.2, 0.25) is 0 Å². The summed E-state index contributed by atoms with van der Waals surface area (Å²) in [6.45, 7) is 1.85. The second-order valence-corrected chi connectivity index (χ2v) is 4.17. The van der Waals surface area contributed by atoms with E-state index in [1.54, 1.807) is 18.3 Å². The first kappa shape index (κ1) is 13.7. The van der Waals surface area contributed by atoms with Crippen LogP contribution in [-0.2, 0) is 4.74 Å². The second kappa shape index (κ2) is 5.48. The Morgan fingerprint density at radius 2 is 2.05 bits per heavy atom. The summed E-state index contributed by atoms with van der Waals surface area (Å²) in [6, 6.07) is 7.69. The Morgan fingerprint density at radius 3 is 2.60 bits per heavy atom. The van der Waals surface area contributed by atoms with Crippen LogP contribution in [0, 0.1) is 17.0 Å². The lowest BCUT2D eigenvalue weighted by Gasteiger charge is -2.08. The molecule has 1 aromatic carbocycles. The summed E-state index contributed by atoms with van der Waals surface area (Å²) in [5, 5.41) is 10.8. The van der Waals surface area contributed by atoms with Crippen LogP contribution in [0.2, 0.25) is 0 Å². The van der Waals surface area contributed by atoms with Crippen molar-refractivity contribution in [1.29, 1.82) is 0 Å². The van der Waals surface area contributed by atoms with E-state index in [9.17, 15) is 14.9 Å². The molecule has 0 fully saturated rings. The minimum absolute atomic E-state index is 0.146. The minimum Gasteiger partial charge on any atom is -0.465 e. The summed E-state index contributed by atoms with van der Waals surface area (Å²) in [4.78, 5) is 26.2. The van der Waals surface area contributed by atoms with E-state index in [0.29, 0.717) is 11.1 Å². The second-order valence-electron chi connectivity index (χ2n) is 4.17. The first-order valence-electron chi connectivity index (χ1n) is 5.82. The SMILES string of the molecule is COC(=O)c1cc([N+](=O)[O-])ccc1-c1ccc(C)nc1. The molecule has 0 unspecified atom stereocenters. The highest BCUT2D eigenvalue weighted by Gasteiger charge is 2.18. The molecule has 0 spiro atoms. The number of methoxy groups -OCH3 is 1. The lowest BCUT2D eigenvalue weighted by Crippen LogP contribution is -2.05. The molecule has 20 heavy (non-hydrogen) atoms. The number of nitro groups is 1. The smallest absolute Gasteiger partial charge is 0.338 e. The van der Waals surface area contributed by atoms with Gasteiger partial charge in [-0.05, 0) is 24.6 Å². The zero-order valence-electron chi connectivity index (χ0n) is 11.0. The highest BCUT2D eigenvalue weighted by atomic mass is 16.6. The molecule has 0 amide bonds. The van der Waals surface area contributed by atoms with Crippen molar-refractivity contribution in [3.63, 3.8) is 0 Å². The summed E-state index contributed by atoms with van der Waals surface area (Å²) in [6.07, 6.45) is 1.61. The van der Waals surface area contributed by atoms with E-state index in [-0.39, 0.29) is 11.3 Å². The Kier molecular flexibility index (Phi) is 3.74. The highest BCUT2D eigenvalue weighted by molar-refractivity contribution is 5.97. The van der Waals surface area contributed by atoms with Gasteiger partial charge in [-0.2, -0.15) is 0 Å². The highest BCUT2D eigenvalue weighted by Crippen LogP contribution is 2.27. The van der Waals surface area contributed by atoms with E-state index in [1.807, 2.05) is 6.92 Å². The van der Waals surface area contributed by atoms with Gasteiger partial charge < -0.3 is 4.74 Å². The van der Waals surface area contributed by atoms with Gasteiger partial charge in [0.25, 0.3) is 5.69 Å². The third-order valence-electron chi connectivity index (χ3n) is 2.84. The average Bonchev–Trinajstić information content (AvgIpc) is 2.46. The van der Waals surface area contributed by atoms with E-state index < -0.39 is 10.9 Å². The molecule has 2 rings (SSSR count). The topological polar surface area (TPSA) is 82.3 Å².